The zero-order chi connectivity index (χ0) is 12.9. The van der Waals surface area contributed by atoms with E-state index in [4.69, 9.17) is 15.6 Å². The van der Waals surface area contributed by atoms with Gasteiger partial charge in [-0.3, -0.25) is 4.79 Å². The number of carboxylic acid groups (broad SMARTS) is 1. The largest absolute Gasteiger partial charge is 0.490 e. The Labute approximate surface area is 90.0 Å². The molecule has 0 unspecified atom stereocenters. The number of aliphatic carboxylic acids is 1. The fraction of sp³-hybridized carbons (Fsp3) is 0.750. The van der Waals surface area contributed by atoms with Gasteiger partial charge in [0.15, 0.2) is 0 Å². The molecule has 1 fully saturated rings. The lowest BCUT2D eigenvalue weighted by Gasteiger charge is -2.37. The number of carbonyl (C=O) groups is 2. The average molecular weight is 242 g/mol. The molecule has 0 aromatic heterocycles. The molecule has 0 atom stereocenters. The first-order chi connectivity index (χ1) is 7.18. The Bertz CT molecular complexity index is 262. The number of likely N-dealkylation sites (tertiary alicyclic amines) is 1. The minimum Gasteiger partial charge on any atom is -0.475 e. The van der Waals surface area contributed by atoms with Crippen LogP contribution in [-0.4, -0.2) is 47.7 Å². The van der Waals surface area contributed by atoms with E-state index in [-0.39, 0.29) is 5.91 Å². The quantitative estimate of drug-likeness (QED) is 0.680. The van der Waals surface area contributed by atoms with Gasteiger partial charge in [-0.1, -0.05) is 0 Å². The summed E-state index contributed by atoms with van der Waals surface area (Å²) in [5, 5.41) is 7.12. The second-order valence-electron chi connectivity index (χ2n) is 3.33. The van der Waals surface area contributed by atoms with E-state index in [0.717, 1.165) is 13.1 Å². The Morgan fingerprint density at radius 2 is 1.81 bits per heavy atom. The van der Waals surface area contributed by atoms with Crippen LogP contribution in [0.15, 0.2) is 0 Å². The van der Waals surface area contributed by atoms with E-state index in [1.54, 1.807) is 11.8 Å². The monoisotopic (exact) mass is 242 g/mol. The molecule has 94 valence electrons. The van der Waals surface area contributed by atoms with Crippen molar-refractivity contribution in [2.75, 3.05) is 19.6 Å². The van der Waals surface area contributed by atoms with Crippen LogP contribution >= 0.6 is 0 Å². The van der Waals surface area contributed by atoms with Crippen molar-refractivity contribution in [3.05, 3.63) is 0 Å². The predicted molar refractivity (Wildman–Crippen MR) is 48.5 cm³/mol. The average Bonchev–Trinajstić information content (AvgIpc) is 2.00. The number of alkyl halides is 3. The molecule has 0 aliphatic carbocycles. The lowest BCUT2D eigenvalue weighted by Crippen LogP contribution is -2.51. The third kappa shape index (κ3) is 4.96. The molecule has 1 amide bonds. The van der Waals surface area contributed by atoms with Gasteiger partial charge < -0.3 is 15.7 Å². The van der Waals surface area contributed by atoms with Crippen LogP contribution in [0.25, 0.3) is 0 Å². The number of hydrogen-bond donors (Lipinski definition) is 2. The van der Waals surface area contributed by atoms with Gasteiger partial charge in [0.05, 0.1) is 0 Å². The maximum atomic E-state index is 10.6. The third-order valence-electron chi connectivity index (χ3n) is 1.98. The van der Waals surface area contributed by atoms with Gasteiger partial charge in [-0.25, -0.2) is 4.79 Å². The summed E-state index contributed by atoms with van der Waals surface area (Å²) in [5.41, 5.74) is 5.36. The van der Waals surface area contributed by atoms with Crippen molar-refractivity contribution < 1.29 is 27.9 Å². The first-order valence-electron chi connectivity index (χ1n) is 4.44. The van der Waals surface area contributed by atoms with Crippen molar-refractivity contribution in [3.8, 4) is 0 Å². The molecule has 1 heterocycles. The number of carboxylic acids is 1. The predicted octanol–water partition coefficient (Wildman–Crippen LogP) is 0.0567. The molecular weight excluding hydrogens is 229 g/mol. The van der Waals surface area contributed by atoms with Gasteiger partial charge in [0, 0.05) is 25.9 Å². The lowest BCUT2D eigenvalue weighted by atomic mass is 10.0. The Morgan fingerprint density at radius 1 is 1.44 bits per heavy atom. The number of halogens is 3. The second kappa shape index (κ2) is 5.69. The molecule has 0 aromatic rings. The van der Waals surface area contributed by atoms with E-state index in [0.29, 0.717) is 12.5 Å². The molecule has 1 aliphatic heterocycles. The Kier molecular flexibility index (Phi) is 5.22. The Hall–Kier alpha value is -1.31. The molecule has 3 N–H and O–H groups in total. The van der Waals surface area contributed by atoms with Gasteiger partial charge >= 0.3 is 12.1 Å². The molecule has 1 saturated heterocycles. The first-order valence-corrected chi connectivity index (χ1v) is 4.44. The summed E-state index contributed by atoms with van der Waals surface area (Å²) in [6.07, 6.45) is -5.08. The molecule has 0 bridgehead atoms. The SMILES string of the molecule is CC(=O)N1CC(CN)C1.O=C(O)C(F)(F)F. The molecule has 5 nitrogen and oxygen atoms in total. The third-order valence-corrected chi connectivity index (χ3v) is 1.98. The fourth-order valence-corrected chi connectivity index (χ4v) is 0.976. The van der Waals surface area contributed by atoms with Crippen molar-refractivity contribution in [1.82, 2.24) is 4.90 Å². The van der Waals surface area contributed by atoms with E-state index in [1.807, 2.05) is 0 Å². The van der Waals surface area contributed by atoms with Gasteiger partial charge in [-0.2, -0.15) is 13.2 Å². The molecule has 0 saturated carbocycles. The van der Waals surface area contributed by atoms with Crippen LogP contribution < -0.4 is 5.73 Å². The molecular formula is C8H13F3N2O3. The van der Waals surface area contributed by atoms with Gasteiger partial charge in [0.2, 0.25) is 5.91 Å². The second-order valence-corrected chi connectivity index (χ2v) is 3.33. The minimum atomic E-state index is -5.08. The van der Waals surface area contributed by atoms with Gasteiger partial charge in [-0.05, 0) is 6.54 Å². The molecule has 0 radical (unpaired) electrons. The molecule has 16 heavy (non-hydrogen) atoms. The first kappa shape index (κ1) is 14.7. The maximum absolute atomic E-state index is 10.6. The number of amides is 1. The van der Waals surface area contributed by atoms with Crippen LogP contribution in [0.3, 0.4) is 0 Å². The van der Waals surface area contributed by atoms with Gasteiger partial charge in [-0.15, -0.1) is 0 Å². The van der Waals surface area contributed by atoms with Crippen LogP contribution in [0.2, 0.25) is 0 Å². The zero-order valence-corrected chi connectivity index (χ0v) is 8.62. The highest BCUT2D eigenvalue weighted by molar-refractivity contribution is 5.74. The van der Waals surface area contributed by atoms with Crippen molar-refractivity contribution >= 4 is 11.9 Å². The number of carbonyl (C=O) groups excluding carboxylic acids is 1. The molecule has 0 aromatic carbocycles. The van der Waals surface area contributed by atoms with E-state index in [1.165, 1.54) is 0 Å². The summed E-state index contributed by atoms with van der Waals surface area (Å²) in [6.45, 7) is 4.04. The summed E-state index contributed by atoms with van der Waals surface area (Å²) in [6, 6.07) is 0. The highest BCUT2D eigenvalue weighted by Gasteiger charge is 2.38. The number of hydrogen-bond acceptors (Lipinski definition) is 3. The number of nitrogens with two attached hydrogens (primary N) is 1. The molecule has 1 rings (SSSR count). The van der Waals surface area contributed by atoms with Crippen LogP contribution in [0.1, 0.15) is 6.92 Å². The van der Waals surface area contributed by atoms with E-state index < -0.39 is 12.1 Å². The van der Waals surface area contributed by atoms with Crippen molar-refractivity contribution in [2.24, 2.45) is 11.7 Å². The van der Waals surface area contributed by atoms with Crippen molar-refractivity contribution in [1.29, 1.82) is 0 Å². The summed E-state index contributed by atoms with van der Waals surface area (Å²) in [5.74, 6) is -2.03. The maximum Gasteiger partial charge on any atom is 0.490 e. The van der Waals surface area contributed by atoms with Crippen LogP contribution in [0, 0.1) is 5.92 Å². The van der Waals surface area contributed by atoms with E-state index in [2.05, 4.69) is 0 Å². The molecule has 8 heteroatoms. The summed E-state index contributed by atoms with van der Waals surface area (Å²) < 4.78 is 31.7. The summed E-state index contributed by atoms with van der Waals surface area (Å²) >= 11 is 0. The Morgan fingerprint density at radius 3 is 2.00 bits per heavy atom. The number of nitrogens with zero attached hydrogens (tertiary/aromatic N) is 1. The summed E-state index contributed by atoms with van der Waals surface area (Å²) in [7, 11) is 0. The summed E-state index contributed by atoms with van der Waals surface area (Å²) in [4.78, 5) is 21.3. The Balaban J connectivity index is 0.000000293. The van der Waals surface area contributed by atoms with Gasteiger partial charge in [0.1, 0.15) is 0 Å². The van der Waals surface area contributed by atoms with Crippen molar-refractivity contribution in [2.45, 2.75) is 13.1 Å². The van der Waals surface area contributed by atoms with Crippen molar-refractivity contribution in [3.63, 3.8) is 0 Å². The lowest BCUT2D eigenvalue weighted by molar-refractivity contribution is -0.192. The highest BCUT2D eigenvalue weighted by atomic mass is 19.4. The topological polar surface area (TPSA) is 83.6 Å². The van der Waals surface area contributed by atoms with Crippen LogP contribution in [0.4, 0.5) is 13.2 Å². The highest BCUT2D eigenvalue weighted by Crippen LogP contribution is 2.13. The van der Waals surface area contributed by atoms with Crippen LogP contribution in [0.5, 0.6) is 0 Å². The smallest absolute Gasteiger partial charge is 0.475 e. The standard InChI is InChI=1S/C6H12N2O.C2HF3O2/c1-5(9)8-3-6(2-7)4-8;3-2(4,5)1(6)7/h6H,2-4,7H2,1H3;(H,6,7). The van der Waals surface area contributed by atoms with E-state index in [9.17, 15) is 18.0 Å². The molecule has 0 spiro atoms. The zero-order valence-electron chi connectivity index (χ0n) is 8.62. The van der Waals surface area contributed by atoms with E-state index >= 15 is 0 Å². The number of rotatable bonds is 1. The fourth-order valence-electron chi connectivity index (χ4n) is 0.976. The minimum absolute atomic E-state index is 0.166. The van der Waals surface area contributed by atoms with Crippen LogP contribution in [-0.2, 0) is 9.59 Å². The normalized spacial score (nSPS) is 15.9. The molecule has 1 aliphatic rings. The van der Waals surface area contributed by atoms with Gasteiger partial charge in [0.25, 0.3) is 0 Å².